The number of benzene rings is 1. The van der Waals surface area contributed by atoms with Crippen LogP contribution in [0.4, 0.5) is 0 Å². The van der Waals surface area contributed by atoms with Crippen LogP contribution in [-0.2, 0) is 12.0 Å². The zero-order chi connectivity index (χ0) is 19.0. The van der Waals surface area contributed by atoms with Crippen molar-refractivity contribution >= 4 is 17.5 Å². The van der Waals surface area contributed by atoms with Crippen molar-refractivity contribution in [2.45, 2.75) is 44.6 Å². The molecule has 0 fully saturated rings. The van der Waals surface area contributed by atoms with Crippen molar-refractivity contribution in [1.29, 1.82) is 0 Å². The predicted octanol–water partition coefficient (Wildman–Crippen LogP) is 2.97. The second kappa shape index (κ2) is 6.77. The maximum absolute atomic E-state index is 12.5. The number of nitrogens with one attached hydrogen (secondary N) is 2. The summed E-state index contributed by atoms with van der Waals surface area (Å²) in [5, 5.41) is 18.6. The number of carbonyl (C=O) groups excluding carboxylic acids is 1. The molecule has 4 rings (SSSR count). The van der Waals surface area contributed by atoms with E-state index < -0.39 is 5.54 Å². The van der Waals surface area contributed by atoms with E-state index in [1.165, 1.54) is 0 Å². The van der Waals surface area contributed by atoms with E-state index in [0.717, 1.165) is 30.7 Å². The highest BCUT2D eigenvalue weighted by molar-refractivity contribution is 6.30. The minimum Gasteiger partial charge on any atom is -0.340 e. The first-order valence-electron chi connectivity index (χ1n) is 8.76. The number of H-pyrrole nitrogens is 1. The Labute approximate surface area is 160 Å². The number of aryl methyl sites for hydroxylation is 1. The van der Waals surface area contributed by atoms with Crippen LogP contribution in [0.25, 0.3) is 0 Å². The molecule has 0 aliphatic heterocycles. The maximum Gasteiger partial charge on any atom is 0.252 e. The van der Waals surface area contributed by atoms with Gasteiger partial charge in [-0.2, -0.15) is 20.4 Å². The van der Waals surface area contributed by atoms with Crippen molar-refractivity contribution in [2.75, 3.05) is 0 Å². The number of fused-ring (bicyclic) bond motifs is 1. The smallest absolute Gasteiger partial charge is 0.252 e. The monoisotopic (exact) mass is 386 g/mol. The van der Waals surface area contributed by atoms with Gasteiger partial charge in [-0.15, -0.1) is 0 Å². The van der Waals surface area contributed by atoms with Gasteiger partial charge in [0.15, 0.2) is 5.82 Å². The molecular formula is C18H19ClN6O2. The van der Waals surface area contributed by atoms with E-state index in [-0.39, 0.29) is 11.8 Å². The zero-order valence-corrected chi connectivity index (χ0v) is 15.7. The summed E-state index contributed by atoms with van der Waals surface area (Å²) in [6.45, 7) is 3.65. The number of halogens is 1. The van der Waals surface area contributed by atoms with Crippen molar-refractivity contribution in [1.82, 2.24) is 30.9 Å². The summed E-state index contributed by atoms with van der Waals surface area (Å²) in [7, 11) is 0. The highest BCUT2D eigenvalue weighted by Gasteiger charge is 2.34. The number of nitrogens with zero attached hydrogens (tertiary/aromatic N) is 4. The molecule has 1 amide bonds. The summed E-state index contributed by atoms with van der Waals surface area (Å²) < 4.78 is 5.51. The second-order valence-electron chi connectivity index (χ2n) is 7.15. The molecule has 140 valence electrons. The molecule has 1 aliphatic rings. The summed E-state index contributed by atoms with van der Waals surface area (Å²) in [6, 6.07) is 6.77. The Morgan fingerprint density at radius 3 is 3.04 bits per heavy atom. The van der Waals surface area contributed by atoms with Gasteiger partial charge in [-0.1, -0.05) is 22.8 Å². The Balaban J connectivity index is 1.55. The Kier molecular flexibility index (Phi) is 4.43. The van der Waals surface area contributed by atoms with E-state index in [9.17, 15) is 4.79 Å². The van der Waals surface area contributed by atoms with Crippen LogP contribution in [0.2, 0.25) is 5.02 Å². The van der Waals surface area contributed by atoms with Crippen molar-refractivity contribution in [3.63, 3.8) is 0 Å². The van der Waals surface area contributed by atoms with Crippen LogP contribution in [0.5, 0.6) is 0 Å². The number of rotatable bonds is 4. The Bertz CT molecular complexity index is 980. The first kappa shape index (κ1) is 17.7. The van der Waals surface area contributed by atoms with Gasteiger partial charge in [-0.25, -0.2) is 0 Å². The van der Waals surface area contributed by atoms with Crippen LogP contribution < -0.4 is 5.32 Å². The average molecular weight is 387 g/mol. The molecule has 8 nitrogen and oxygen atoms in total. The molecule has 1 atom stereocenters. The summed E-state index contributed by atoms with van der Waals surface area (Å²) in [5.74, 6) is 0.562. The molecule has 0 spiro atoms. The van der Waals surface area contributed by atoms with Crippen LogP contribution in [0, 0.1) is 0 Å². The molecule has 2 aromatic heterocycles. The third kappa shape index (κ3) is 3.44. The van der Waals surface area contributed by atoms with Crippen LogP contribution in [0.15, 0.2) is 28.8 Å². The highest BCUT2D eigenvalue weighted by Crippen LogP contribution is 2.34. The summed E-state index contributed by atoms with van der Waals surface area (Å²) >= 11 is 5.97. The second-order valence-corrected chi connectivity index (χ2v) is 7.58. The van der Waals surface area contributed by atoms with Crippen LogP contribution in [-0.4, -0.2) is 31.5 Å². The minimum absolute atomic E-state index is 0.0758. The fraction of sp³-hybridized carbons (Fsp3) is 0.389. The van der Waals surface area contributed by atoms with Crippen molar-refractivity contribution in [2.24, 2.45) is 0 Å². The van der Waals surface area contributed by atoms with Gasteiger partial charge in [0.25, 0.3) is 5.91 Å². The average Bonchev–Trinajstić information content (AvgIpc) is 3.31. The number of carbonyl (C=O) groups is 1. The molecule has 0 saturated carbocycles. The van der Waals surface area contributed by atoms with E-state index in [0.29, 0.717) is 22.3 Å². The molecule has 2 N–H and O–H groups in total. The third-order valence-corrected chi connectivity index (χ3v) is 4.93. The molecule has 0 radical (unpaired) electrons. The van der Waals surface area contributed by atoms with E-state index in [1.54, 1.807) is 24.3 Å². The Hall–Kier alpha value is -2.74. The van der Waals surface area contributed by atoms with Crippen LogP contribution in [0.3, 0.4) is 0 Å². The topological polar surface area (TPSA) is 110 Å². The van der Waals surface area contributed by atoms with Crippen LogP contribution in [0.1, 0.15) is 66.1 Å². The van der Waals surface area contributed by atoms with Gasteiger partial charge in [0.2, 0.25) is 5.89 Å². The highest BCUT2D eigenvalue weighted by atomic mass is 35.5. The van der Waals surface area contributed by atoms with E-state index >= 15 is 0 Å². The van der Waals surface area contributed by atoms with Gasteiger partial charge in [-0.3, -0.25) is 4.79 Å². The molecular weight excluding hydrogens is 368 g/mol. The fourth-order valence-electron chi connectivity index (χ4n) is 3.25. The van der Waals surface area contributed by atoms with Crippen LogP contribution >= 0.6 is 11.6 Å². The molecule has 1 aliphatic carbocycles. The third-order valence-electron chi connectivity index (χ3n) is 4.70. The predicted molar refractivity (Wildman–Crippen MR) is 97.4 cm³/mol. The lowest BCUT2D eigenvalue weighted by atomic mass is 9.90. The van der Waals surface area contributed by atoms with Crippen molar-refractivity contribution < 1.29 is 9.32 Å². The maximum atomic E-state index is 12.5. The number of hydrogen-bond donors (Lipinski definition) is 2. The van der Waals surface area contributed by atoms with Gasteiger partial charge >= 0.3 is 0 Å². The standard InChI is InChI=1S/C18H19ClN6O2/c1-18(2,21-15(26)10-5-3-6-11(19)9-10)17-20-16(27-24-17)12-7-4-8-13-14(12)23-25-22-13/h3,5-6,9,12H,4,7-8H2,1-2H3,(H,21,26)(H,22,23,25). The Morgan fingerprint density at radius 1 is 1.37 bits per heavy atom. The molecule has 1 unspecified atom stereocenters. The lowest BCUT2D eigenvalue weighted by molar-refractivity contribution is 0.0907. The van der Waals surface area contributed by atoms with Gasteiger partial charge in [-0.05, 0) is 51.3 Å². The van der Waals surface area contributed by atoms with Gasteiger partial charge in [0.05, 0.1) is 22.8 Å². The first-order chi connectivity index (χ1) is 12.9. The zero-order valence-electron chi connectivity index (χ0n) is 15.0. The molecule has 1 aromatic carbocycles. The molecule has 9 heteroatoms. The number of hydrogen-bond acceptors (Lipinski definition) is 6. The minimum atomic E-state index is -0.817. The first-order valence-corrected chi connectivity index (χ1v) is 9.13. The van der Waals surface area contributed by atoms with Gasteiger partial charge < -0.3 is 9.84 Å². The van der Waals surface area contributed by atoms with E-state index in [1.807, 2.05) is 13.8 Å². The van der Waals surface area contributed by atoms with Gasteiger partial charge in [0.1, 0.15) is 0 Å². The molecule has 27 heavy (non-hydrogen) atoms. The lowest BCUT2D eigenvalue weighted by Crippen LogP contribution is -2.41. The molecule has 2 heterocycles. The number of aromatic amines is 1. The van der Waals surface area contributed by atoms with Crippen molar-refractivity contribution in [3.8, 4) is 0 Å². The molecule has 0 bridgehead atoms. The SMILES string of the molecule is CC(C)(NC(=O)c1cccc(Cl)c1)c1noc(C2CCCc3n[nH]nc32)n1. The quantitative estimate of drug-likeness (QED) is 0.713. The number of aromatic nitrogens is 5. The molecule has 3 aromatic rings. The van der Waals surface area contributed by atoms with E-state index in [2.05, 4.69) is 30.9 Å². The Morgan fingerprint density at radius 2 is 2.22 bits per heavy atom. The number of amides is 1. The summed E-state index contributed by atoms with van der Waals surface area (Å²) in [5.41, 5.74) is 1.46. The normalized spacial score (nSPS) is 16.8. The summed E-state index contributed by atoms with van der Waals surface area (Å²) in [4.78, 5) is 17.1. The van der Waals surface area contributed by atoms with Crippen molar-refractivity contribution in [3.05, 3.63) is 58.0 Å². The summed E-state index contributed by atoms with van der Waals surface area (Å²) in [6.07, 6.45) is 2.75. The van der Waals surface area contributed by atoms with Gasteiger partial charge in [0, 0.05) is 10.6 Å². The molecule has 0 saturated heterocycles. The lowest BCUT2D eigenvalue weighted by Gasteiger charge is -2.22. The fourth-order valence-corrected chi connectivity index (χ4v) is 3.44. The largest absolute Gasteiger partial charge is 0.340 e. The van der Waals surface area contributed by atoms with E-state index in [4.69, 9.17) is 16.1 Å².